The molecule has 0 fully saturated rings. The third kappa shape index (κ3) is 3.20. The van der Waals surface area contributed by atoms with E-state index in [1.54, 1.807) is 11.9 Å². The van der Waals surface area contributed by atoms with E-state index in [2.05, 4.69) is 0 Å². The lowest BCUT2D eigenvalue weighted by atomic mass is 10.1. The van der Waals surface area contributed by atoms with Gasteiger partial charge in [0.05, 0.1) is 6.54 Å². The van der Waals surface area contributed by atoms with Gasteiger partial charge in [0.1, 0.15) is 11.5 Å². The van der Waals surface area contributed by atoms with Gasteiger partial charge in [-0.15, -0.1) is 0 Å². The van der Waals surface area contributed by atoms with Gasteiger partial charge >= 0.3 is 0 Å². The molecule has 0 aliphatic carbocycles. The zero-order valence-electron chi connectivity index (χ0n) is 12.4. The number of anilines is 1. The highest BCUT2D eigenvalue weighted by atomic mass is 16.3. The molecule has 0 unspecified atom stereocenters. The van der Waals surface area contributed by atoms with E-state index < -0.39 is 0 Å². The monoisotopic (exact) mass is 272 g/mol. The Bertz CT molecular complexity index is 585. The molecule has 1 amide bonds. The van der Waals surface area contributed by atoms with Crippen molar-refractivity contribution in [2.24, 2.45) is 0 Å². The SMILES string of the molecule is Cc1ccc(CN(C)C(=O)c2ccc(N(C)C)cc2)o1. The van der Waals surface area contributed by atoms with Crippen LogP contribution in [0.25, 0.3) is 0 Å². The number of aryl methyl sites for hydroxylation is 1. The Hall–Kier alpha value is -2.23. The summed E-state index contributed by atoms with van der Waals surface area (Å²) < 4.78 is 5.49. The molecular weight excluding hydrogens is 252 g/mol. The van der Waals surface area contributed by atoms with Crippen LogP contribution in [0.2, 0.25) is 0 Å². The molecule has 1 heterocycles. The Morgan fingerprint density at radius 3 is 2.20 bits per heavy atom. The third-order valence-electron chi connectivity index (χ3n) is 3.17. The normalized spacial score (nSPS) is 10.4. The van der Waals surface area contributed by atoms with Gasteiger partial charge < -0.3 is 14.2 Å². The van der Waals surface area contributed by atoms with Crippen molar-refractivity contribution < 1.29 is 9.21 Å². The van der Waals surface area contributed by atoms with Crippen molar-refractivity contribution in [3.8, 4) is 0 Å². The zero-order chi connectivity index (χ0) is 14.7. The van der Waals surface area contributed by atoms with E-state index in [1.807, 2.05) is 62.3 Å². The maximum atomic E-state index is 12.3. The number of amides is 1. The van der Waals surface area contributed by atoms with Crippen LogP contribution in [-0.4, -0.2) is 32.0 Å². The second-order valence-electron chi connectivity index (χ2n) is 5.11. The van der Waals surface area contributed by atoms with Crippen LogP contribution < -0.4 is 4.90 Å². The van der Waals surface area contributed by atoms with E-state index in [0.29, 0.717) is 12.1 Å². The number of benzene rings is 1. The molecule has 0 bridgehead atoms. The van der Waals surface area contributed by atoms with Crippen LogP contribution in [0.4, 0.5) is 5.69 Å². The molecule has 0 saturated heterocycles. The molecule has 0 saturated carbocycles. The Morgan fingerprint density at radius 2 is 1.70 bits per heavy atom. The van der Waals surface area contributed by atoms with Crippen molar-refractivity contribution in [3.63, 3.8) is 0 Å². The van der Waals surface area contributed by atoms with Gasteiger partial charge in [-0.3, -0.25) is 4.79 Å². The number of furan rings is 1. The van der Waals surface area contributed by atoms with Gasteiger partial charge in [0, 0.05) is 32.4 Å². The van der Waals surface area contributed by atoms with Gasteiger partial charge in [-0.2, -0.15) is 0 Å². The summed E-state index contributed by atoms with van der Waals surface area (Å²) in [6.45, 7) is 2.37. The molecule has 1 aromatic heterocycles. The molecule has 1 aromatic carbocycles. The Balaban J connectivity index is 2.06. The van der Waals surface area contributed by atoms with Crippen molar-refractivity contribution in [1.29, 1.82) is 0 Å². The summed E-state index contributed by atoms with van der Waals surface area (Å²) in [6.07, 6.45) is 0. The average molecular weight is 272 g/mol. The average Bonchev–Trinajstić information content (AvgIpc) is 2.83. The number of nitrogens with zero attached hydrogens (tertiary/aromatic N) is 2. The maximum absolute atomic E-state index is 12.3. The highest BCUT2D eigenvalue weighted by molar-refractivity contribution is 5.94. The van der Waals surface area contributed by atoms with Gasteiger partial charge in [0.15, 0.2) is 0 Å². The summed E-state index contributed by atoms with van der Waals surface area (Å²) in [5.74, 6) is 1.64. The summed E-state index contributed by atoms with van der Waals surface area (Å²) >= 11 is 0. The molecule has 2 aromatic rings. The zero-order valence-corrected chi connectivity index (χ0v) is 12.4. The van der Waals surface area contributed by atoms with Crippen LogP contribution >= 0.6 is 0 Å². The van der Waals surface area contributed by atoms with E-state index in [1.165, 1.54) is 0 Å². The lowest BCUT2D eigenvalue weighted by molar-refractivity contribution is 0.0775. The minimum absolute atomic E-state index is 0.00985. The van der Waals surface area contributed by atoms with Gasteiger partial charge in [0.2, 0.25) is 0 Å². The minimum atomic E-state index is -0.00985. The smallest absolute Gasteiger partial charge is 0.254 e. The number of hydrogen-bond donors (Lipinski definition) is 0. The van der Waals surface area contributed by atoms with Crippen LogP contribution in [0.3, 0.4) is 0 Å². The lowest BCUT2D eigenvalue weighted by Crippen LogP contribution is -2.26. The van der Waals surface area contributed by atoms with Crippen LogP contribution in [0.1, 0.15) is 21.9 Å². The van der Waals surface area contributed by atoms with E-state index in [0.717, 1.165) is 17.2 Å². The standard InChI is InChI=1S/C16H20N2O2/c1-12-5-10-15(20-12)11-18(4)16(19)13-6-8-14(9-7-13)17(2)3/h5-10H,11H2,1-4H3. The summed E-state index contributed by atoms with van der Waals surface area (Å²) in [7, 11) is 5.73. The van der Waals surface area contributed by atoms with Crippen LogP contribution in [0, 0.1) is 6.92 Å². The lowest BCUT2D eigenvalue weighted by Gasteiger charge is -2.17. The van der Waals surface area contributed by atoms with Crippen molar-refractivity contribution >= 4 is 11.6 Å². The summed E-state index contributed by atoms with van der Waals surface area (Å²) in [6, 6.07) is 11.4. The summed E-state index contributed by atoms with van der Waals surface area (Å²) in [5, 5.41) is 0. The van der Waals surface area contributed by atoms with Crippen molar-refractivity contribution in [3.05, 3.63) is 53.5 Å². The first-order valence-corrected chi connectivity index (χ1v) is 6.55. The molecule has 20 heavy (non-hydrogen) atoms. The molecule has 0 aliphatic heterocycles. The second-order valence-corrected chi connectivity index (χ2v) is 5.11. The van der Waals surface area contributed by atoms with E-state index in [9.17, 15) is 4.79 Å². The number of hydrogen-bond acceptors (Lipinski definition) is 3. The number of rotatable bonds is 4. The highest BCUT2D eigenvalue weighted by Gasteiger charge is 2.13. The summed E-state index contributed by atoms with van der Waals surface area (Å²) in [4.78, 5) is 16.0. The van der Waals surface area contributed by atoms with Crippen molar-refractivity contribution in [1.82, 2.24) is 4.90 Å². The second kappa shape index (κ2) is 5.82. The molecule has 0 radical (unpaired) electrons. The fraction of sp³-hybridized carbons (Fsp3) is 0.312. The predicted octanol–water partition coefficient (Wildman–Crippen LogP) is 2.93. The topological polar surface area (TPSA) is 36.7 Å². The Labute approximate surface area is 119 Å². The molecule has 4 nitrogen and oxygen atoms in total. The fourth-order valence-corrected chi connectivity index (χ4v) is 2.00. The highest BCUT2D eigenvalue weighted by Crippen LogP contribution is 2.15. The first-order valence-electron chi connectivity index (χ1n) is 6.55. The van der Waals surface area contributed by atoms with Crippen molar-refractivity contribution in [2.45, 2.75) is 13.5 Å². The molecule has 0 aliphatic rings. The van der Waals surface area contributed by atoms with Crippen LogP contribution in [-0.2, 0) is 6.54 Å². The van der Waals surface area contributed by atoms with Gasteiger partial charge in [-0.1, -0.05) is 0 Å². The van der Waals surface area contributed by atoms with E-state index in [-0.39, 0.29) is 5.91 Å². The molecule has 2 rings (SSSR count). The molecular formula is C16H20N2O2. The Morgan fingerprint density at radius 1 is 1.05 bits per heavy atom. The number of carbonyl (C=O) groups excluding carboxylic acids is 1. The van der Waals surface area contributed by atoms with Gasteiger partial charge in [0.25, 0.3) is 5.91 Å². The fourth-order valence-electron chi connectivity index (χ4n) is 2.00. The third-order valence-corrected chi connectivity index (χ3v) is 3.17. The maximum Gasteiger partial charge on any atom is 0.254 e. The molecule has 0 atom stereocenters. The van der Waals surface area contributed by atoms with E-state index >= 15 is 0 Å². The quantitative estimate of drug-likeness (QED) is 0.858. The first kappa shape index (κ1) is 14.2. The largest absolute Gasteiger partial charge is 0.464 e. The van der Waals surface area contributed by atoms with E-state index in [4.69, 9.17) is 4.42 Å². The molecule has 0 spiro atoms. The van der Waals surface area contributed by atoms with Crippen LogP contribution in [0.5, 0.6) is 0 Å². The number of carbonyl (C=O) groups is 1. The predicted molar refractivity (Wildman–Crippen MR) is 80.0 cm³/mol. The van der Waals surface area contributed by atoms with Gasteiger partial charge in [-0.05, 0) is 43.3 Å². The van der Waals surface area contributed by atoms with Crippen LogP contribution in [0.15, 0.2) is 40.8 Å². The molecule has 4 heteroatoms. The Kier molecular flexibility index (Phi) is 4.13. The first-order chi connectivity index (χ1) is 9.47. The molecule has 106 valence electrons. The van der Waals surface area contributed by atoms with Crippen molar-refractivity contribution in [2.75, 3.05) is 26.0 Å². The molecule has 0 N–H and O–H groups in total. The van der Waals surface area contributed by atoms with Gasteiger partial charge in [-0.25, -0.2) is 0 Å². The minimum Gasteiger partial charge on any atom is -0.464 e. The summed E-state index contributed by atoms with van der Waals surface area (Å²) in [5.41, 5.74) is 1.76.